The Hall–Kier alpha value is -3.35. The maximum absolute atomic E-state index is 13.1. The van der Waals surface area contributed by atoms with Gasteiger partial charge in [-0.3, -0.25) is 4.79 Å². The Morgan fingerprint density at radius 2 is 1.70 bits per heavy atom. The summed E-state index contributed by atoms with van der Waals surface area (Å²) in [5.41, 5.74) is 2.58. The Bertz CT molecular complexity index is 1140. The molecule has 2 N–H and O–H groups in total. The van der Waals surface area contributed by atoms with Gasteiger partial charge in [0.1, 0.15) is 29.1 Å². The van der Waals surface area contributed by atoms with E-state index < -0.39 is 12.0 Å². The van der Waals surface area contributed by atoms with Gasteiger partial charge in [0.25, 0.3) is 0 Å². The lowest BCUT2D eigenvalue weighted by atomic mass is 9.87. The Morgan fingerprint density at radius 1 is 1.00 bits per heavy atom. The summed E-state index contributed by atoms with van der Waals surface area (Å²) < 4.78 is 11.7. The first-order valence-electron chi connectivity index (χ1n) is 9.64. The normalized spacial score (nSPS) is 13.8. The molecular weight excluding hydrogens is 398 g/mol. The van der Waals surface area contributed by atoms with Crippen molar-refractivity contribution >= 4 is 17.2 Å². The number of carbonyl (C=O) groups excluding carboxylic acids is 1. The number of carbonyl (C=O) groups is 1. The number of rotatable bonds is 5. The van der Waals surface area contributed by atoms with Crippen LogP contribution in [0.25, 0.3) is 11.3 Å². The van der Waals surface area contributed by atoms with Crippen LogP contribution in [-0.4, -0.2) is 17.6 Å². The van der Waals surface area contributed by atoms with Crippen LogP contribution in [0.2, 0.25) is 0 Å². The van der Waals surface area contributed by atoms with E-state index in [0.717, 1.165) is 16.7 Å². The lowest BCUT2D eigenvalue weighted by Crippen LogP contribution is -2.34. The summed E-state index contributed by atoms with van der Waals surface area (Å²) in [4.78, 5) is 13.1. The molecule has 0 fully saturated rings. The van der Waals surface area contributed by atoms with E-state index in [-0.39, 0.29) is 12.5 Å². The SMILES string of the molecule is O=C(NC[C@H](O)c1ccc(-c2ccsc2)o1)C1c2ccccc2Oc2ccccc21. The van der Waals surface area contributed by atoms with Gasteiger partial charge in [-0.2, -0.15) is 11.3 Å². The molecule has 0 saturated heterocycles. The number of aliphatic hydroxyl groups is 1. The van der Waals surface area contributed by atoms with Gasteiger partial charge in [0.2, 0.25) is 5.91 Å². The van der Waals surface area contributed by atoms with E-state index in [1.807, 2.05) is 71.4 Å². The van der Waals surface area contributed by atoms with Gasteiger partial charge in [0, 0.05) is 22.1 Å². The molecule has 2 aromatic carbocycles. The summed E-state index contributed by atoms with van der Waals surface area (Å²) in [5, 5.41) is 17.4. The molecule has 3 heterocycles. The molecule has 0 aliphatic carbocycles. The van der Waals surface area contributed by atoms with Crippen molar-refractivity contribution in [1.29, 1.82) is 0 Å². The number of ether oxygens (including phenoxy) is 1. The summed E-state index contributed by atoms with van der Waals surface area (Å²) >= 11 is 1.58. The van der Waals surface area contributed by atoms with Gasteiger partial charge in [-0.05, 0) is 35.7 Å². The van der Waals surface area contributed by atoms with Crippen molar-refractivity contribution in [3.05, 3.63) is 94.4 Å². The van der Waals surface area contributed by atoms with Crippen molar-refractivity contribution in [3.63, 3.8) is 0 Å². The van der Waals surface area contributed by atoms with Crippen LogP contribution in [0.15, 0.2) is 81.9 Å². The van der Waals surface area contributed by atoms with Gasteiger partial charge in [-0.25, -0.2) is 0 Å². The maximum Gasteiger partial charge on any atom is 0.232 e. The number of para-hydroxylation sites is 2. The van der Waals surface area contributed by atoms with Crippen LogP contribution < -0.4 is 10.1 Å². The number of nitrogens with one attached hydrogen (secondary N) is 1. The Balaban J connectivity index is 1.34. The fourth-order valence-corrected chi connectivity index (χ4v) is 4.33. The first kappa shape index (κ1) is 18.7. The average Bonchev–Trinajstić information content (AvgIpc) is 3.47. The molecule has 4 aromatic rings. The number of benzene rings is 2. The van der Waals surface area contributed by atoms with Crippen LogP contribution >= 0.6 is 11.3 Å². The second kappa shape index (κ2) is 7.82. The predicted octanol–water partition coefficient (Wildman–Crippen LogP) is 5.10. The third-order valence-corrected chi connectivity index (χ3v) is 5.86. The number of amides is 1. The lowest BCUT2D eigenvalue weighted by molar-refractivity contribution is -0.122. The highest BCUT2D eigenvalue weighted by atomic mass is 32.1. The number of fused-ring (bicyclic) bond motifs is 2. The largest absolute Gasteiger partial charge is 0.458 e. The molecule has 0 spiro atoms. The molecule has 30 heavy (non-hydrogen) atoms. The van der Waals surface area contributed by atoms with Gasteiger partial charge < -0.3 is 19.6 Å². The van der Waals surface area contributed by atoms with E-state index in [1.54, 1.807) is 17.4 Å². The predicted molar refractivity (Wildman–Crippen MR) is 115 cm³/mol. The second-order valence-corrected chi connectivity index (χ2v) is 7.87. The smallest absolute Gasteiger partial charge is 0.232 e. The zero-order valence-corrected chi connectivity index (χ0v) is 16.8. The van der Waals surface area contributed by atoms with Crippen molar-refractivity contribution in [3.8, 4) is 22.8 Å². The maximum atomic E-state index is 13.1. The highest BCUT2D eigenvalue weighted by Gasteiger charge is 2.32. The fourth-order valence-electron chi connectivity index (χ4n) is 3.68. The molecule has 0 bridgehead atoms. The first-order chi connectivity index (χ1) is 14.7. The average molecular weight is 417 g/mol. The standard InChI is InChI=1S/C24H19NO4S/c26-18(22-10-9-19(28-22)15-11-12-30-14-15)13-25-24(27)23-16-5-1-3-7-20(16)29-21-8-4-2-6-17(21)23/h1-12,14,18,23,26H,13H2,(H,25,27)/t18-/m0/s1. The van der Waals surface area contributed by atoms with E-state index in [1.165, 1.54) is 0 Å². The Labute approximate surface area is 177 Å². The molecule has 5 nitrogen and oxygen atoms in total. The Kier molecular flexibility index (Phi) is 4.86. The minimum Gasteiger partial charge on any atom is -0.458 e. The molecule has 1 atom stereocenters. The van der Waals surface area contributed by atoms with Crippen molar-refractivity contribution in [2.24, 2.45) is 0 Å². The zero-order valence-electron chi connectivity index (χ0n) is 15.9. The lowest BCUT2D eigenvalue weighted by Gasteiger charge is -2.27. The van der Waals surface area contributed by atoms with E-state index >= 15 is 0 Å². The number of furan rings is 1. The molecule has 6 heteroatoms. The Morgan fingerprint density at radius 3 is 2.37 bits per heavy atom. The summed E-state index contributed by atoms with van der Waals surface area (Å²) in [7, 11) is 0. The van der Waals surface area contributed by atoms with Crippen molar-refractivity contribution in [2.45, 2.75) is 12.0 Å². The van der Waals surface area contributed by atoms with Gasteiger partial charge in [-0.1, -0.05) is 36.4 Å². The minimum atomic E-state index is -0.938. The molecule has 0 unspecified atom stereocenters. The van der Waals surface area contributed by atoms with Crippen LogP contribution in [-0.2, 0) is 4.79 Å². The summed E-state index contributed by atoms with van der Waals surface area (Å²) in [6, 6.07) is 20.6. The van der Waals surface area contributed by atoms with Crippen LogP contribution in [0.3, 0.4) is 0 Å². The van der Waals surface area contributed by atoms with Crippen molar-refractivity contribution < 1.29 is 19.1 Å². The topological polar surface area (TPSA) is 71.7 Å². The van der Waals surface area contributed by atoms with E-state index in [9.17, 15) is 9.90 Å². The van der Waals surface area contributed by atoms with Crippen molar-refractivity contribution in [2.75, 3.05) is 6.54 Å². The number of aliphatic hydroxyl groups excluding tert-OH is 1. The molecule has 150 valence electrons. The second-order valence-electron chi connectivity index (χ2n) is 7.09. The quantitative estimate of drug-likeness (QED) is 0.474. The monoisotopic (exact) mass is 417 g/mol. The van der Waals surface area contributed by atoms with Gasteiger partial charge in [0.05, 0.1) is 12.5 Å². The van der Waals surface area contributed by atoms with Crippen molar-refractivity contribution in [1.82, 2.24) is 5.32 Å². The van der Waals surface area contributed by atoms with Crippen LogP contribution in [0.5, 0.6) is 11.5 Å². The van der Waals surface area contributed by atoms with E-state index in [0.29, 0.717) is 23.0 Å². The molecule has 1 aliphatic heterocycles. The summed E-state index contributed by atoms with van der Waals surface area (Å²) in [6.45, 7) is 0.0527. The fraction of sp³-hybridized carbons (Fsp3) is 0.125. The molecule has 5 rings (SSSR count). The van der Waals surface area contributed by atoms with Crippen LogP contribution in [0.1, 0.15) is 28.9 Å². The third kappa shape index (κ3) is 3.40. The highest BCUT2D eigenvalue weighted by Crippen LogP contribution is 2.43. The molecule has 0 radical (unpaired) electrons. The van der Waals surface area contributed by atoms with Crippen LogP contribution in [0.4, 0.5) is 0 Å². The van der Waals surface area contributed by atoms with Gasteiger partial charge in [-0.15, -0.1) is 0 Å². The minimum absolute atomic E-state index is 0.0527. The van der Waals surface area contributed by atoms with Crippen LogP contribution in [0, 0.1) is 0 Å². The number of thiophene rings is 1. The van der Waals surface area contributed by atoms with Gasteiger partial charge >= 0.3 is 0 Å². The summed E-state index contributed by atoms with van der Waals surface area (Å²) in [6.07, 6.45) is -0.938. The third-order valence-electron chi connectivity index (χ3n) is 5.17. The van der Waals surface area contributed by atoms with Gasteiger partial charge in [0.15, 0.2) is 0 Å². The number of hydrogen-bond acceptors (Lipinski definition) is 5. The molecule has 0 saturated carbocycles. The van der Waals surface area contributed by atoms with E-state index in [2.05, 4.69) is 5.32 Å². The molecule has 2 aromatic heterocycles. The molecule has 1 amide bonds. The molecule has 1 aliphatic rings. The van der Waals surface area contributed by atoms with E-state index in [4.69, 9.17) is 9.15 Å². The highest BCUT2D eigenvalue weighted by molar-refractivity contribution is 7.08. The number of hydrogen-bond donors (Lipinski definition) is 2. The summed E-state index contributed by atoms with van der Waals surface area (Å²) in [5.74, 6) is 1.76. The first-order valence-corrected chi connectivity index (χ1v) is 10.6. The molecular formula is C24H19NO4S. The zero-order chi connectivity index (χ0) is 20.5.